The molecule has 2 saturated carbocycles. The maximum Gasteiger partial charge on any atom is 0.408 e. The van der Waals surface area contributed by atoms with Gasteiger partial charge in [-0.1, -0.05) is 56.2 Å². The van der Waals surface area contributed by atoms with E-state index in [1.165, 1.54) is 64.2 Å². The number of aliphatic imine (C=N–C) groups is 1. The highest BCUT2D eigenvalue weighted by atomic mass is 32.2. The number of carbonyl (C=O) groups excluding carboxylic acids is 1. The maximum atomic E-state index is 12.7. The molecule has 3 rings (SSSR count). The van der Waals surface area contributed by atoms with E-state index in [-0.39, 0.29) is 30.2 Å². The van der Waals surface area contributed by atoms with Gasteiger partial charge in [-0.05, 0) is 91.2 Å². The molecule has 6 N–H and O–H groups in total. The zero-order chi connectivity index (χ0) is 32.9. The van der Waals surface area contributed by atoms with E-state index in [1.54, 1.807) is 46.8 Å². The number of nitrogens with zero attached hydrogens (tertiary/aromatic N) is 1. The molecule has 11 nitrogen and oxygen atoms in total. The SMILES string of the molecule is C1CCC(NC2CCCCC2)CC1.Cc1cc(C)c(S(=O)(=O)NC(N)=NCCC[C@@H](NC(=O)OC(C)(C)C)C(=O)O)c(C)c1. The lowest BCUT2D eigenvalue weighted by atomic mass is 9.91. The number of amides is 1. The summed E-state index contributed by atoms with van der Waals surface area (Å²) in [6.07, 6.45) is 14.0. The number of nitrogens with one attached hydrogen (secondary N) is 3. The average molecular weight is 638 g/mol. The second-order valence-corrected chi connectivity index (χ2v) is 14.7. The Morgan fingerprint density at radius 1 is 0.977 bits per heavy atom. The van der Waals surface area contributed by atoms with Gasteiger partial charge in [0.05, 0.1) is 4.90 Å². The van der Waals surface area contributed by atoms with Gasteiger partial charge in [0.15, 0.2) is 0 Å². The van der Waals surface area contributed by atoms with Gasteiger partial charge in [0, 0.05) is 18.6 Å². The number of ether oxygens (including phenoxy) is 1. The molecule has 0 heterocycles. The minimum atomic E-state index is -3.91. The molecule has 2 aliphatic rings. The Morgan fingerprint density at radius 2 is 1.48 bits per heavy atom. The van der Waals surface area contributed by atoms with Crippen LogP contribution in [0.1, 0.15) is 115 Å². The molecule has 1 atom stereocenters. The van der Waals surface area contributed by atoms with Crippen LogP contribution in [0.3, 0.4) is 0 Å². The second-order valence-electron chi connectivity index (χ2n) is 13.1. The van der Waals surface area contributed by atoms with Gasteiger partial charge in [0.25, 0.3) is 10.0 Å². The summed E-state index contributed by atoms with van der Waals surface area (Å²) < 4.78 is 32.6. The van der Waals surface area contributed by atoms with Gasteiger partial charge in [-0.25, -0.2) is 22.7 Å². The summed E-state index contributed by atoms with van der Waals surface area (Å²) in [7, 11) is -3.91. The fraction of sp³-hybridized carbons (Fsp3) is 0.719. The Labute approximate surface area is 264 Å². The van der Waals surface area contributed by atoms with Crippen LogP contribution in [0.15, 0.2) is 22.0 Å². The molecule has 2 fully saturated rings. The van der Waals surface area contributed by atoms with E-state index in [2.05, 4.69) is 20.3 Å². The van der Waals surface area contributed by atoms with Crippen LogP contribution in [0.25, 0.3) is 0 Å². The number of sulfonamides is 1. The first-order valence-corrected chi connectivity index (χ1v) is 17.4. The topological polar surface area (TPSA) is 172 Å². The number of guanidine groups is 1. The van der Waals surface area contributed by atoms with Crippen molar-refractivity contribution in [3.8, 4) is 0 Å². The number of carboxylic acid groups (broad SMARTS) is 1. The van der Waals surface area contributed by atoms with Crippen molar-refractivity contribution >= 4 is 28.0 Å². The Kier molecular flexibility index (Phi) is 14.9. The number of aryl methyl sites for hydroxylation is 3. The first-order valence-electron chi connectivity index (χ1n) is 16.0. The normalized spacial score (nSPS) is 17.6. The third kappa shape index (κ3) is 13.8. The van der Waals surface area contributed by atoms with Crippen LogP contribution in [-0.2, 0) is 19.6 Å². The van der Waals surface area contributed by atoms with Crippen molar-refractivity contribution in [3.05, 3.63) is 28.8 Å². The lowest BCUT2D eigenvalue weighted by Gasteiger charge is -2.30. The van der Waals surface area contributed by atoms with Crippen molar-refractivity contribution in [2.45, 2.75) is 147 Å². The number of carboxylic acids is 1. The highest BCUT2D eigenvalue weighted by Gasteiger charge is 2.24. The minimum Gasteiger partial charge on any atom is -0.480 e. The molecule has 0 bridgehead atoms. The fourth-order valence-electron chi connectivity index (χ4n) is 5.89. The molecular formula is C32H55N5O6S. The molecule has 0 aromatic heterocycles. The van der Waals surface area contributed by atoms with Crippen molar-refractivity contribution in [2.75, 3.05) is 6.54 Å². The van der Waals surface area contributed by atoms with Crippen molar-refractivity contribution in [1.29, 1.82) is 0 Å². The van der Waals surface area contributed by atoms with Crippen molar-refractivity contribution in [3.63, 3.8) is 0 Å². The van der Waals surface area contributed by atoms with Crippen molar-refractivity contribution in [1.82, 2.24) is 15.4 Å². The summed E-state index contributed by atoms with van der Waals surface area (Å²) in [5.41, 5.74) is 7.09. The zero-order valence-electron chi connectivity index (χ0n) is 27.5. The van der Waals surface area contributed by atoms with Gasteiger partial charge < -0.3 is 26.2 Å². The van der Waals surface area contributed by atoms with Crippen LogP contribution in [0, 0.1) is 20.8 Å². The number of alkyl carbamates (subject to hydrolysis) is 1. The van der Waals surface area contributed by atoms with Gasteiger partial charge in [-0.15, -0.1) is 0 Å². The summed E-state index contributed by atoms with van der Waals surface area (Å²) in [6, 6.07) is 4.10. The number of hydrogen-bond acceptors (Lipinski definition) is 7. The minimum absolute atomic E-state index is 0.0638. The molecule has 44 heavy (non-hydrogen) atoms. The third-order valence-corrected chi connectivity index (χ3v) is 9.38. The number of carbonyl (C=O) groups is 2. The van der Waals surface area contributed by atoms with E-state index in [9.17, 15) is 23.1 Å². The van der Waals surface area contributed by atoms with Crippen molar-refractivity contribution < 1.29 is 27.9 Å². The van der Waals surface area contributed by atoms with Gasteiger partial charge in [-0.2, -0.15) is 0 Å². The summed E-state index contributed by atoms with van der Waals surface area (Å²) >= 11 is 0. The number of aliphatic carboxylic acids is 1. The molecule has 1 amide bonds. The zero-order valence-corrected chi connectivity index (χ0v) is 28.3. The van der Waals surface area contributed by atoms with Gasteiger partial charge in [0.1, 0.15) is 11.6 Å². The van der Waals surface area contributed by atoms with Crippen LogP contribution in [-0.4, -0.2) is 61.8 Å². The summed E-state index contributed by atoms with van der Waals surface area (Å²) in [5, 5.41) is 15.4. The number of hydrogen-bond donors (Lipinski definition) is 5. The fourth-order valence-corrected chi connectivity index (χ4v) is 7.29. The summed E-state index contributed by atoms with van der Waals surface area (Å²) in [6.45, 7) is 10.3. The largest absolute Gasteiger partial charge is 0.480 e. The molecule has 0 aliphatic heterocycles. The first kappa shape index (κ1) is 37.3. The smallest absolute Gasteiger partial charge is 0.408 e. The predicted molar refractivity (Wildman–Crippen MR) is 174 cm³/mol. The number of nitrogens with two attached hydrogens (primary N) is 1. The lowest BCUT2D eigenvalue weighted by Crippen LogP contribution is -2.43. The Hall–Kier alpha value is -2.86. The van der Waals surface area contributed by atoms with Crippen LogP contribution < -0.4 is 21.1 Å². The number of benzene rings is 1. The molecule has 0 spiro atoms. The lowest BCUT2D eigenvalue weighted by molar-refractivity contribution is -0.139. The van der Waals surface area contributed by atoms with Crippen LogP contribution in [0.5, 0.6) is 0 Å². The Bertz CT molecular complexity index is 1180. The third-order valence-electron chi connectivity index (χ3n) is 7.72. The molecule has 1 aromatic rings. The quantitative estimate of drug-likeness (QED) is 0.132. The summed E-state index contributed by atoms with van der Waals surface area (Å²) in [5.74, 6) is -1.51. The monoisotopic (exact) mass is 637 g/mol. The Morgan fingerprint density at radius 3 is 1.93 bits per heavy atom. The van der Waals surface area contributed by atoms with Crippen LogP contribution in [0.2, 0.25) is 0 Å². The van der Waals surface area contributed by atoms with E-state index in [0.29, 0.717) is 11.1 Å². The molecular weight excluding hydrogens is 582 g/mol. The van der Waals surface area contributed by atoms with Crippen LogP contribution >= 0.6 is 0 Å². The van der Waals surface area contributed by atoms with Gasteiger partial charge in [-0.3, -0.25) is 4.99 Å². The van der Waals surface area contributed by atoms with E-state index in [1.807, 2.05) is 6.92 Å². The van der Waals surface area contributed by atoms with E-state index < -0.39 is 33.7 Å². The predicted octanol–water partition coefficient (Wildman–Crippen LogP) is 5.20. The number of rotatable bonds is 10. The molecule has 1 aromatic carbocycles. The molecule has 0 unspecified atom stereocenters. The second kappa shape index (κ2) is 17.6. The highest BCUT2D eigenvalue weighted by Crippen LogP contribution is 2.23. The molecule has 12 heteroatoms. The molecule has 250 valence electrons. The van der Waals surface area contributed by atoms with Gasteiger partial charge in [0.2, 0.25) is 5.96 Å². The molecule has 0 saturated heterocycles. The summed E-state index contributed by atoms with van der Waals surface area (Å²) in [4.78, 5) is 27.2. The molecule has 0 radical (unpaired) electrons. The van der Waals surface area contributed by atoms with E-state index in [4.69, 9.17) is 10.5 Å². The van der Waals surface area contributed by atoms with Crippen LogP contribution in [0.4, 0.5) is 4.79 Å². The Balaban J connectivity index is 0.000000425. The molecule has 2 aliphatic carbocycles. The highest BCUT2D eigenvalue weighted by molar-refractivity contribution is 7.90. The van der Waals surface area contributed by atoms with E-state index in [0.717, 1.165) is 17.6 Å². The standard InChI is InChI=1S/C20H32N4O6S.C12H23N/c1-12-10-13(2)16(14(3)11-12)31(28,29)24-18(21)22-9-7-8-15(17(25)26)23-19(27)30-20(4,5)6;1-3-7-11(8-4-1)13-12-9-5-2-6-10-12/h10-11,15H,7-9H2,1-6H3,(H,23,27)(H,25,26)(H3,21,22,24);11-13H,1-10H2/t15-;/m1./s1. The van der Waals surface area contributed by atoms with Crippen molar-refractivity contribution in [2.24, 2.45) is 10.7 Å². The first-order chi connectivity index (χ1) is 20.6. The average Bonchev–Trinajstić information content (AvgIpc) is 2.89. The van der Waals surface area contributed by atoms with Gasteiger partial charge >= 0.3 is 12.1 Å². The van der Waals surface area contributed by atoms with E-state index >= 15 is 0 Å². The maximum absolute atomic E-state index is 12.7.